The van der Waals surface area contributed by atoms with Gasteiger partial charge in [0, 0.05) is 38.1 Å². The van der Waals surface area contributed by atoms with Crippen molar-refractivity contribution in [1.29, 1.82) is 0 Å². The average Bonchev–Trinajstić information content (AvgIpc) is 3.36. The van der Waals surface area contributed by atoms with Crippen LogP contribution >= 0.6 is 11.6 Å². The maximum Gasteiger partial charge on any atom is 0.422 e. The van der Waals surface area contributed by atoms with Crippen molar-refractivity contribution in [3.63, 3.8) is 0 Å². The Kier molecular flexibility index (Phi) is 10.0. The molecule has 210 valence electrons. The van der Waals surface area contributed by atoms with Gasteiger partial charge in [-0.3, -0.25) is 0 Å². The number of alkyl halides is 3. The molecule has 0 bridgehead atoms. The van der Waals surface area contributed by atoms with Gasteiger partial charge in [0.1, 0.15) is 23.1 Å². The third kappa shape index (κ3) is 8.07. The molecule has 0 saturated carbocycles. The quantitative estimate of drug-likeness (QED) is 0.354. The van der Waals surface area contributed by atoms with Crippen molar-refractivity contribution in [2.45, 2.75) is 31.7 Å². The molecule has 1 amide bonds. The Hall–Kier alpha value is -2.85. The van der Waals surface area contributed by atoms with Gasteiger partial charge < -0.3 is 24.1 Å². The van der Waals surface area contributed by atoms with E-state index in [1.807, 2.05) is 0 Å². The summed E-state index contributed by atoms with van der Waals surface area (Å²) in [6, 6.07) is 4.70. The predicted octanol–water partition coefficient (Wildman–Crippen LogP) is 4.06. The van der Waals surface area contributed by atoms with E-state index in [1.54, 1.807) is 0 Å². The number of halogens is 4. The smallest absolute Gasteiger partial charge is 0.422 e. The number of rotatable bonds is 12. The minimum atomic E-state index is -4.69. The number of benzene rings is 1. The number of pyridine rings is 1. The van der Waals surface area contributed by atoms with E-state index in [1.165, 1.54) is 25.3 Å². The zero-order valence-electron chi connectivity index (χ0n) is 20.0. The highest BCUT2D eigenvalue weighted by Crippen LogP contribution is 2.37. The highest BCUT2D eigenvalue weighted by atomic mass is 35.5. The Labute approximate surface area is 221 Å². The van der Waals surface area contributed by atoms with Crippen molar-refractivity contribution in [3.05, 3.63) is 46.6 Å². The van der Waals surface area contributed by atoms with Gasteiger partial charge in [0.05, 0.1) is 24.8 Å². The number of aromatic nitrogens is 1. The third-order valence-corrected chi connectivity index (χ3v) is 6.94. The number of carbonyl (C=O) groups is 1. The van der Waals surface area contributed by atoms with Crippen LogP contribution in [0.1, 0.15) is 24.0 Å². The van der Waals surface area contributed by atoms with E-state index in [9.17, 15) is 31.5 Å². The number of nitrogens with one attached hydrogen (secondary N) is 1. The molecule has 1 aliphatic heterocycles. The second kappa shape index (κ2) is 12.8. The van der Waals surface area contributed by atoms with E-state index < -0.39 is 45.5 Å². The van der Waals surface area contributed by atoms with Crippen molar-refractivity contribution < 1.29 is 50.4 Å². The Morgan fingerprint density at radius 3 is 2.68 bits per heavy atom. The maximum absolute atomic E-state index is 13.0. The first-order valence-corrected chi connectivity index (χ1v) is 13.0. The van der Waals surface area contributed by atoms with Gasteiger partial charge >= 0.3 is 22.5 Å². The monoisotopic (exact) mass is 583 g/mol. The van der Waals surface area contributed by atoms with Crippen molar-refractivity contribution >= 4 is 27.9 Å². The van der Waals surface area contributed by atoms with Gasteiger partial charge in [-0.05, 0) is 31.0 Å². The third-order valence-electron chi connectivity index (χ3n) is 5.27. The highest BCUT2D eigenvalue weighted by Gasteiger charge is 2.33. The van der Waals surface area contributed by atoms with Crippen molar-refractivity contribution in [3.8, 4) is 17.4 Å². The maximum atomic E-state index is 13.0. The standard InChI is InChI=1S/C22H25ClF3N3O8S/c1-34-7-8-36-16-5-4-14(13-29(21(30)31)38(32,33)28-12-17-3-2-6-35-17)19(10-16)37-20-18(23)9-15(11-27-20)22(24,25)26/h4-5,9-11,17,28H,2-3,6-8,12-13H2,1H3,(H,30,31). The zero-order chi connectivity index (χ0) is 27.9. The normalized spacial score (nSPS) is 15.9. The largest absolute Gasteiger partial charge is 0.491 e. The molecule has 0 radical (unpaired) electrons. The van der Waals surface area contributed by atoms with Crippen LogP contribution in [0.2, 0.25) is 5.02 Å². The summed E-state index contributed by atoms with van der Waals surface area (Å²) in [5.74, 6) is -0.337. The Morgan fingerprint density at radius 2 is 2.08 bits per heavy atom. The first-order valence-electron chi connectivity index (χ1n) is 11.2. The van der Waals surface area contributed by atoms with Gasteiger partial charge in [-0.15, -0.1) is 0 Å². The fourth-order valence-corrected chi connectivity index (χ4v) is 4.62. The van der Waals surface area contributed by atoms with Gasteiger partial charge in [-0.2, -0.15) is 30.6 Å². The lowest BCUT2D eigenvalue weighted by molar-refractivity contribution is -0.137. The van der Waals surface area contributed by atoms with E-state index in [4.69, 9.17) is 30.5 Å². The van der Waals surface area contributed by atoms with Crippen molar-refractivity contribution in [2.24, 2.45) is 0 Å². The van der Waals surface area contributed by atoms with Gasteiger partial charge in [0.15, 0.2) is 0 Å². The lowest BCUT2D eigenvalue weighted by atomic mass is 10.2. The lowest BCUT2D eigenvalue weighted by Crippen LogP contribution is -2.45. The van der Waals surface area contributed by atoms with E-state index in [0.29, 0.717) is 25.3 Å². The highest BCUT2D eigenvalue weighted by molar-refractivity contribution is 7.87. The number of amides is 1. The number of hydrogen-bond donors (Lipinski definition) is 2. The van der Waals surface area contributed by atoms with E-state index in [-0.39, 0.29) is 47.2 Å². The molecular formula is C22H25ClF3N3O8S. The van der Waals surface area contributed by atoms with Gasteiger partial charge in [0.2, 0.25) is 5.88 Å². The van der Waals surface area contributed by atoms with E-state index in [2.05, 4.69) is 9.71 Å². The number of hydrogen-bond acceptors (Lipinski definition) is 8. The number of nitrogens with zero attached hydrogens (tertiary/aromatic N) is 2. The van der Waals surface area contributed by atoms with Gasteiger partial charge in [0.25, 0.3) is 0 Å². The van der Waals surface area contributed by atoms with Crippen LogP contribution in [-0.2, 0) is 32.4 Å². The summed E-state index contributed by atoms with van der Waals surface area (Å²) < 4.78 is 88.3. The molecule has 11 nitrogen and oxygen atoms in total. The second-order valence-corrected chi connectivity index (χ2v) is 10.1. The average molecular weight is 584 g/mol. The summed E-state index contributed by atoms with van der Waals surface area (Å²) in [4.78, 5) is 15.5. The molecule has 2 N–H and O–H groups in total. The minimum absolute atomic E-state index is 0.0340. The summed E-state index contributed by atoms with van der Waals surface area (Å²) in [5, 5.41) is 9.17. The number of methoxy groups -OCH3 is 1. The van der Waals surface area contributed by atoms with Gasteiger partial charge in [-0.1, -0.05) is 11.6 Å². The van der Waals surface area contributed by atoms with Crippen LogP contribution in [0, 0.1) is 0 Å². The summed E-state index contributed by atoms with van der Waals surface area (Å²) in [5.41, 5.74) is -1.07. The molecule has 1 unspecified atom stereocenters. The molecule has 1 saturated heterocycles. The van der Waals surface area contributed by atoms with Crippen LogP contribution < -0.4 is 14.2 Å². The summed E-state index contributed by atoms with van der Waals surface area (Å²) >= 11 is 5.95. The molecule has 2 aromatic rings. The Balaban J connectivity index is 1.90. The zero-order valence-corrected chi connectivity index (χ0v) is 21.6. The minimum Gasteiger partial charge on any atom is -0.491 e. The Bertz CT molecular complexity index is 1230. The molecule has 0 aliphatic carbocycles. The molecule has 1 aliphatic rings. The predicted molar refractivity (Wildman–Crippen MR) is 128 cm³/mol. The van der Waals surface area contributed by atoms with Crippen LogP contribution in [0.3, 0.4) is 0 Å². The first-order chi connectivity index (χ1) is 17.9. The van der Waals surface area contributed by atoms with Crippen LogP contribution in [0.4, 0.5) is 18.0 Å². The van der Waals surface area contributed by atoms with Crippen LogP contribution in [0.25, 0.3) is 0 Å². The molecule has 3 rings (SSSR count). The fourth-order valence-electron chi connectivity index (χ4n) is 3.34. The molecule has 1 atom stereocenters. The lowest BCUT2D eigenvalue weighted by Gasteiger charge is -2.22. The van der Waals surface area contributed by atoms with Crippen LogP contribution in [0.5, 0.6) is 17.4 Å². The van der Waals surface area contributed by atoms with E-state index in [0.717, 1.165) is 6.42 Å². The Morgan fingerprint density at radius 1 is 1.32 bits per heavy atom. The summed E-state index contributed by atoms with van der Waals surface area (Å²) in [6.07, 6.45) is -4.95. The van der Waals surface area contributed by atoms with Crippen LogP contribution in [-0.4, -0.2) is 68.5 Å². The molecular weight excluding hydrogens is 559 g/mol. The van der Waals surface area contributed by atoms with Gasteiger partial charge in [-0.25, -0.2) is 9.78 Å². The van der Waals surface area contributed by atoms with Crippen molar-refractivity contribution in [2.75, 3.05) is 33.5 Å². The first kappa shape index (κ1) is 29.7. The van der Waals surface area contributed by atoms with E-state index >= 15 is 0 Å². The second-order valence-electron chi connectivity index (χ2n) is 8.00. The molecule has 38 heavy (non-hydrogen) atoms. The summed E-state index contributed by atoms with van der Waals surface area (Å²) in [7, 11) is -3.06. The molecule has 16 heteroatoms. The molecule has 1 aromatic carbocycles. The topological polar surface area (TPSA) is 137 Å². The van der Waals surface area contributed by atoms with Crippen molar-refractivity contribution in [1.82, 2.24) is 14.0 Å². The molecule has 0 spiro atoms. The number of ether oxygens (including phenoxy) is 4. The molecule has 1 aromatic heterocycles. The SMILES string of the molecule is COCCOc1ccc(CN(C(=O)O)S(=O)(=O)NCC2CCCO2)c(Oc2ncc(C(F)(F)F)cc2Cl)c1. The summed E-state index contributed by atoms with van der Waals surface area (Å²) in [6.45, 7) is 0.0348. The number of carboxylic acid groups (broad SMARTS) is 1. The molecule has 2 heterocycles. The fraction of sp³-hybridized carbons (Fsp3) is 0.455. The van der Waals surface area contributed by atoms with Crippen LogP contribution in [0.15, 0.2) is 30.5 Å². The molecule has 1 fully saturated rings.